The summed E-state index contributed by atoms with van der Waals surface area (Å²) in [4.78, 5) is 0. The van der Waals surface area contributed by atoms with Crippen LogP contribution in [0.15, 0.2) is 42.5 Å². The maximum atomic E-state index is 5.73. The van der Waals surface area contributed by atoms with Crippen LogP contribution in [0.1, 0.15) is 19.8 Å². The summed E-state index contributed by atoms with van der Waals surface area (Å²) < 4.78 is 5.73. The van der Waals surface area contributed by atoms with Crippen LogP contribution in [-0.4, -0.2) is 19.7 Å². The van der Waals surface area contributed by atoms with Gasteiger partial charge in [0.15, 0.2) is 0 Å². The second-order valence-corrected chi connectivity index (χ2v) is 4.46. The molecule has 2 rings (SSSR count). The maximum Gasteiger partial charge on any atom is 0.120 e. The number of rotatable bonds is 7. The Balaban J connectivity index is 1.81. The van der Waals surface area contributed by atoms with Gasteiger partial charge < -0.3 is 10.1 Å². The zero-order valence-corrected chi connectivity index (χ0v) is 11.0. The lowest BCUT2D eigenvalue weighted by molar-refractivity contribution is 0.314. The summed E-state index contributed by atoms with van der Waals surface area (Å²) in [7, 11) is 0. The molecule has 2 aromatic rings. The first-order valence-corrected chi connectivity index (χ1v) is 6.72. The Morgan fingerprint density at radius 3 is 2.67 bits per heavy atom. The van der Waals surface area contributed by atoms with E-state index < -0.39 is 0 Å². The van der Waals surface area contributed by atoms with Crippen LogP contribution in [0.3, 0.4) is 0 Å². The van der Waals surface area contributed by atoms with Crippen molar-refractivity contribution in [3.63, 3.8) is 0 Å². The van der Waals surface area contributed by atoms with Crippen LogP contribution in [0.25, 0.3) is 10.8 Å². The van der Waals surface area contributed by atoms with Crippen LogP contribution >= 0.6 is 0 Å². The number of unbranched alkanes of at least 4 members (excludes halogenated alkanes) is 1. The molecule has 1 N–H and O–H groups in total. The second-order valence-electron chi connectivity index (χ2n) is 4.46. The molecule has 18 heavy (non-hydrogen) atoms. The fourth-order valence-corrected chi connectivity index (χ4v) is 1.93. The summed E-state index contributed by atoms with van der Waals surface area (Å²) in [5, 5.41) is 5.85. The molecule has 96 valence electrons. The highest BCUT2D eigenvalue weighted by atomic mass is 16.5. The molecule has 0 bridgehead atoms. The highest BCUT2D eigenvalue weighted by Crippen LogP contribution is 2.20. The monoisotopic (exact) mass is 243 g/mol. The minimum atomic E-state index is 0.724. The van der Waals surface area contributed by atoms with Crippen molar-refractivity contribution < 1.29 is 4.74 Å². The molecule has 2 nitrogen and oxygen atoms in total. The first kappa shape index (κ1) is 12.9. The molecule has 2 heteroatoms. The van der Waals surface area contributed by atoms with Gasteiger partial charge in [0.1, 0.15) is 12.4 Å². The predicted octanol–water partition coefficient (Wildman–Crippen LogP) is 3.61. The van der Waals surface area contributed by atoms with Gasteiger partial charge in [0.25, 0.3) is 0 Å². The Morgan fingerprint density at radius 2 is 1.83 bits per heavy atom. The summed E-state index contributed by atoms with van der Waals surface area (Å²) in [6.07, 6.45) is 2.47. The van der Waals surface area contributed by atoms with Crippen molar-refractivity contribution >= 4 is 10.8 Å². The van der Waals surface area contributed by atoms with Gasteiger partial charge in [0.05, 0.1) is 0 Å². The number of hydrogen-bond donors (Lipinski definition) is 1. The minimum Gasteiger partial charge on any atom is -0.492 e. The van der Waals surface area contributed by atoms with Gasteiger partial charge >= 0.3 is 0 Å². The van der Waals surface area contributed by atoms with Gasteiger partial charge in [-0.3, -0.25) is 0 Å². The zero-order valence-electron chi connectivity index (χ0n) is 11.0. The standard InChI is InChI=1S/C16H21NO/c1-2-3-10-17-11-12-18-16-9-8-14-6-4-5-7-15(14)13-16/h4-9,13,17H,2-3,10-12H2,1H3. The third kappa shape index (κ3) is 3.74. The molecule has 0 saturated heterocycles. The third-order valence-corrected chi connectivity index (χ3v) is 2.98. The van der Waals surface area contributed by atoms with Gasteiger partial charge in [0.2, 0.25) is 0 Å². The van der Waals surface area contributed by atoms with Crippen LogP contribution in [0.4, 0.5) is 0 Å². The molecule has 0 aliphatic heterocycles. The number of ether oxygens (including phenoxy) is 1. The van der Waals surface area contributed by atoms with Gasteiger partial charge in [-0.25, -0.2) is 0 Å². The van der Waals surface area contributed by atoms with Crippen LogP contribution in [-0.2, 0) is 0 Å². The Bertz CT molecular complexity index is 481. The second kappa shape index (κ2) is 7.02. The predicted molar refractivity (Wildman–Crippen MR) is 77.2 cm³/mol. The van der Waals surface area contributed by atoms with Gasteiger partial charge in [-0.05, 0) is 35.9 Å². The summed E-state index contributed by atoms with van der Waals surface area (Å²) in [6.45, 7) is 4.92. The van der Waals surface area contributed by atoms with E-state index in [2.05, 4.69) is 48.6 Å². The highest BCUT2D eigenvalue weighted by molar-refractivity contribution is 5.83. The molecule has 0 saturated carbocycles. The Hall–Kier alpha value is -1.54. The normalized spacial score (nSPS) is 10.7. The highest BCUT2D eigenvalue weighted by Gasteiger charge is 1.96. The van der Waals surface area contributed by atoms with E-state index in [0.717, 1.165) is 25.4 Å². The van der Waals surface area contributed by atoms with E-state index in [4.69, 9.17) is 4.74 Å². The molecule has 0 unspecified atom stereocenters. The lowest BCUT2D eigenvalue weighted by Gasteiger charge is -2.08. The summed E-state index contributed by atoms with van der Waals surface area (Å²) in [5.74, 6) is 0.950. The maximum absolute atomic E-state index is 5.73. The zero-order chi connectivity index (χ0) is 12.6. The van der Waals surface area contributed by atoms with E-state index in [1.807, 2.05) is 6.07 Å². The largest absolute Gasteiger partial charge is 0.492 e. The smallest absolute Gasteiger partial charge is 0.120 e. The van der Waals surface area contributed by atoms with E-state index in [1.54, 1.807) is 0 Å². The van der Waals surface area contributed by atoms with Gasteiger partial charge in [0, 0.05) is 6.54 Å². The van der Waals surface area contributed by atoms with E-state index in [-0.39, 0.29) is 0 Å². The fourth-order valence-electron chi connectivity index (χ4n) is 1.93. The first-order chi connectivity index (χ1) is 8.90. The van der Waals surface area contributed by atoms with Crippen LogP contribution in [0, 0.1) is 0 Å². The van der Waals surface area contributed by atoms with Crippen LogP contribution in [0.2, 0.25) is 0 Å². The number of nitrogens with one attached hydrogen (secondary N) is 1. The molecule has 2 aromatic carbocycles. The Labute approximate surface area is 109 Å². The van der Waals surface area contributed by atoms with E-state index in [0.29, 0.717) is 0 Å². The van der Waals surface area contributed by atoms with Crippen LogP contribution in [0.5, 0.6) is 5.75 Å². The first-order valence-electron chi connectivity index (χ1n) is 6.72. The number of benzene rings is 2. The molecule has 0 atom stereocenters. The van der Waals surface area contributed by atoms with E-state index in [9.17, 15) is 0 Å². The minimum absolute atomic E-state index is 0.724. The third-order valence-electron chi connectivity index (χ3n) is 2.98. The topological polar surface area (TPSA) is 21.3 Å². The average molecular weight is 243 g/mol. The van der Waals surface area contributed by atoms with Crippen molar-refractivity contribution in [2.24, 2.45) is 0 Å². The number of fused-ring (bicyclic) bond motifs is 1. The van der Waals surface area contributed by atoms with Gasteiger partial charge in [-0.2, -0.15) is 0 Å². The van der Waals surface area contributed by atoms with Crippen LogP contribution < -0.4 is 10.1 Å². The van der Waals surface area contributed by atoms with Crippen molar-refractivity contribution in [2.45, 2.75) is 19.8 Å². The quantitative estimate of drug-likeness (QED) is 0.750. The SMILES string of the molecule is CCCCNCCOc1ccc2ccccc2c1. The molecule has 0 aromatic heterocycles. The lowest BCUT2D eigenvalue weighted by atomic mass is 10.1. The van der Waals surface area contributed by atoms with Crippen molar-refractivity contribution in [3.8, 4) is 5.75 Å². The summed E-state index contributed by atoms with van der Waals surface area (Å²) in [6, 6.07) is 14.6. The molecular weight excluding hydrogens is 222 g/mol. The summed E-state index contributed by atoms with van der Waals surface area (Å²) >= 11 is 0. The Morgan fingerprint density at radius 1 is 1.00 bits per heavy atom. The van der Waals surface area contributed by atoms with Gasteiger partial charge in [-0.1, -0.05) is 43.7 Å². The molecule has 0 amide bonds. The molecule has 0 spiro atoms. The summed E-state index contributed by atoms with van der Waals surface area (Å²) in [5.41, 5.74) is 0. The molecule has 0 radical (unpaired) electrons. The van der Waals surface area contributed by atoms with Crippen molar-refractivity contribution in [3.05, 3.63) is 42.5 Å². The molecule has 0 aliphatic carbocycles. The lowest BCUT2D eigenvalue weighted by Crippen LogP contribution is -2.21. The molecule has 0 heterocycles. The van der Waals surface area contributed by atoms with Crippen molar-refractivity contribution in [1.29, 1.82) is 0 Å². The van der Waals surface area contributed by atoms with Gasteiger partial charge in [-0.15, -0.1) is 0 Å². The van der Waals surface area contributed by atoms with E-state index in [1.165, 1.54) is 23.6 Å². The van der Waals surface area contributed by atoms with E-state index >= 15 is 0 Å². The Kier molecular flexibility index (Phi) is 5.03. The van der Waals surface area contributed by atoms with Crippen molar-refractivity contribution in [1.82, 2.24) is 5.32 Å². The molecule has 0 fully saturated rings. The van der Waals surface area contributed by atoms with Crippen molar-refractivity contribution in [2.75, 3.05) is 19.7 Å². The average Bonchev–Trinajstić information content (AvgIpc) is 2.42. The number of hydrogen-bond acceptors (Lipinski definition) is 2. The molecular formula is C16H21NO. The fraction of sp³-hybridized carbons (Fsp3) is 0.375. The molecule has 0 aliphatic rings.